The van der Waals surface area contributed by atoms with Crippen LogP contribution in [0.25, 0.3) is 0 Å². The highest BCUT2D eigenvalue weighted by molar-refractivity contribution is 14.1. The molecule has 0 bridgehead atoms. The van der Waals surface area contributed by atoms with E-state index in [9.17, 15) is 4.79 Å². The highest BCUT2D eigenvalue weighted by Gasteiger charge is 2.20. The number of nitrogens with zero attached hydrogens (tertiary/aromatic N) is 1. The number of benzene rings is 1. The monoisotopic (exact) mass is 403 g/mol. The average Bonchev–Trinajstić information content (AvgIpc) is 2.93. The molecule has 1 aliphatic rings. The zero-order valence-corrected chi connectivity index (χ0v) is 14.0. The zero-order chi connectivity index (χ0) is 15.1. The molecule has 114 valence electrons. The Balaban J connectivity index is 1.69. The van der Waals surface area contributed by atoms with Crippen LogP contribution in [0.4, 0.5) is 4.79 Å². The molecular formula is C15H18INO4. The number of hydrogen-bond donors (Lipinski definition) is 0. The van der Waals surface area contributed by atoms with Gasteiger partial charge in [-0.25, -0.2) is 9.79 Å². The SMILES string of the molecule is CC(CCOCC1COC(c2ccccc2)=N1)OC(=O)I. The van der Waals surface area contributed by atoms with Crippen LogP contribution in [0, 0.1) is 0 Å². The van der Waals surface area contributed by atoms with Gasteiger partial charge in [-0.1, -0.05) is 18.2 Å². The van der Waals surface area contributed by atoms with E-state index in [0.717, 1.165) is 5.56 Å². The lowest BCUT2D eigenvalue weighted by molar-refractivity contribution is 0.0711. The third kappa shape index (κ3) is 5.62. The standard InChI is InChI=1S/C15H18INO4/c1-11(21-15(16)18)7-8-19-9-13-10-20-14(17-13)12-5-3-2-4-6-12/h2-6,11,13H,7-10H2,1H3. The van der Waals surface area contributed by atoms with E-state index < -0.39 is 0 Å². The number of ether oxygens (including phenoxy) is 3. The number of carbonyl (C=O) groups excluding carboxylic acids is 1. The molecule has 1 aromatic carbocycles. The molecule has 0 amide bonds. The molecule has 2 unspecified atom stereocenters. The molecule has 0 N–H and O–H groups in total. The fraction of sp³-hybridized carbons (Fsp3) is 0.467. The summed E-state index contributed by atoms with van der Waals surface area (Å²) in [6, 6.07) is 9.86. The van der Waals surface area contributed by atoms with Crippen molar-refractivity contribution in [2.45, 2.75) is 25.5 Å². The van der Waals surface area contributed by atoms with Gasteiger partial charge in [0.05, 0.1) is 35.8 Å². The molecule has 0 spiro atoms. The summed E-state index contributed by atoms with van der Waals surface area (Å²) in [5.74, 6) is 0.677. The van der Waals surface area contributed by atoms with Crippen LogP contribution in [0.15, 0.2) is 35.3 Å². The summed E-state index contributed by atoms with van der Waals surface area (Å²) in [4.78, 5) is 15.3. The maximum atomic E-state index is 10.8. The summed E-state index contributed by atoms with van der Waals surface area (Å²) in [5.41, 5.74) is 0.989. The predicted octanol–water partition coefficient (Wildman–Crippen LogP) is 3.20. The lowest BCUT2D eigenvalue weighted by Crippen LogP contribution is -2.18. The number of rotatable bonds is 7. The quantitative estimate of drug-likeness (QED) is 0.399. The van der Waals surface area contributed by atoms with Gasteiger partial charge in [-0.2, -0.15) is 0 Å². The Labute approximate surface area is 137 Å². The number of carbonyl (C=O) groups is 1. The van der Waals surface area contributed by atoms with Gasteiger partial charge in [-0.3, -0.25) is 0 Å². The van der Waals surface area contributed by atoms with E-state index in [1.807, 2.05) is 37.3 Å². The largest absolute Gasteiger partial charge is 0.475 e. The summed E-state index contributed by atoms with van der Waals surface area (Å²) >= 11 is 1.62. The Morgan fingerprint density at radius 3 is 2.95 bits per heavy atom. The zero-order valence-electron chi connectivity index (χ0n) is 11.8. The molecule has 0 fully saturated rings. The number of hydrogen-bond acceptors (Lipinski definition) is 5. The molecule has 0 saturated heterocycles. The molecule has 2 rings (SSSR count). The number of halogens is 1. The van der Waals surface area contributed by atoms with E-state index in [-0.39, 0.29) is 16.1 Å². The Bertz CT molecular complexity index is 492. The first-order valence-corrected chi connectivity index (χ1v) is 7.93. The van der Waals surface area contributed by atoms with E-state index in [2.05, 4.69) is 4.99 Å². The second-order valence-corrected chi connectivity index (χ2v) is 5.68. The topological polar surface area (TPSA) is 57.1 Å². The van der Waals surface area contributed by atoms with Crippen LogP contribution in [0.5, 0.6) is 0 Å². The average molecular weight is 403 g/mol. The van der Waals surface area contributed by atoms with E-state index in [1.54, 1.807) is 22.6 Å². The molecule has 0 radical (unpaired) electrons. The van der Waals surface area contributed by atoms with Crippen molar-refractivity contribution in [2.24, 2.45) is 4.99 Å². The van der Waals surface area contributed by atoms with Gasteiger partial charge < -0.3 is 14.2 Å². The van der Waals surface area contributed by atoms with Gasteiger partial charge in [-0.15, -0.1) is 0 Å². The van der Waals surface area contributed by atoms with Gasteiger partial charge in [0, 0.05) is 12.0 Å². The summed E-state index contributed by atoms with van der Waals surface area (Å²) in [6.07, 6.45) is 0.551. The first-order chi connectivity index (χ1) is 10.1. The molecule has 6 heteroatoms. The van der Waals surface area contributed by atoms with Crippen molar-refractivity contribution in [3.63, 3.8) is 0 Å². The van der Waals surface area contributed by atoms with Gasteiger partial charge in [0.2, 0.25) is 5.90 Å². The Hall–Kier alpha value is -1.15. The maximum absolute atomic E-state index is 10.8. The smallest absolute Gasteiger partial charge is 0.367 e. The summed E-state index contributed by atoms with van der Waals surface area (Å²) in [7, 11) is 0. The van der Waals surface area contributed by atoms with E-state index in [1.165, 1.54) is 0 Å². The van der Waals surface area contributed by atoms with Crippen molar-refractivity contribution < 1.29 is 19.0 Å². The first kappa shape index (κ1) is 16.2. The van der Waals surface area contributed by atoms with Crippen LogP contribution in [-0.2, 0) is 14.2 Å². The first-order valence-electron chi connectivity index (χ1n) is 6.85. The van der Waals surface area contributed by atoms with Gasteiger partial charge in [0.15, 0.2) is 0 Å². The lowest BCUT2D eigenvalue weighted by atomic mass is 10.2. The highest BCUT2D eigenvalue weighted by atomic mass is 127. The third-order valence-electron chi connectivity index (χ3n) is 3.01. The molecule has 0 saturated carbocycles. The van der Waals surface area contributed by atoms with Gasteiger partial charge in [0.1, 0.15) is 18.8 Å². The molecule has 21 heavy (non-hydrogen) atoms. The second-order valence-electron chi connectivity index (χ2n) is 4.79. The van der Waals surface area contributed by atoms with Crippen molar-refractivity contribution in [3.05, 3.63) is 35.9 Å². The van der Waals surface area contributed by atoms with Gasteiger partial charge in [-0.05, 0) is 19.1 Å². The molecule has 0 aliphatic carbocycles. The van der Waals surface area contributed by atoms with Crippen molar-refractivity contribution in [1.82, 2.24) is 0 Å². The minimum Gasteiger partial charge on any atom is -0.475 e. The van der Waals surface area contributed by atoms with E-state index >= 15 is 0 Å². The van der Waals surface area contributed by atoms with Crippen molar-refractivity contribution in [3.8, 4) is 0 Å². The molecule has 2 atom stereocenters. The Kier molecular flexibility index (Phi) is 6.44. The molecule has 1 aliphatic heterocycles. The third-order valence-corrected chi connectivity index (χ3v) is 3.26. The molecular weight excluding hydrogens is 385 g/mol. The number of aliphatic imine (C=N–C) groups is 1. The minimum atomic E-state index is -0.290. The summed E-state index contributed by atoms with van der Waals surface area (Å²) < 4.78 is 15.9. The normalized spacial score (nSPS) is 18.8. The van der Waals surface area contributed by atoms with Crippen molar-refractivity contribution in [2.75, 3.05) is 19.8 Å². The van der Waals surface area contributed by atoms with Crippen molar-refractivity contribution in [1.29, 1.82) is 0 Å². The second kappa shape index (κ2) is 8.33. The summed E-state index contributed by atoms with van der Waals surface area (Å²) in [6.45, 7) is 3.45. The van der Waals surface area contributed by atoms with Crippen LogP contribution in [-0.4, -0.2) is 41.8 Å². The molecule has 1 aromatic rings. The van der Waals surface area contributed by atoms with Crippen molar-refractivity contribution >= 4 is 32.5 Å². The van der Waals surface area contributed by atoms with E-state index in [4.69, 9.17) is 14.2 Å². The summed E-state index contributed by atoms with van der Waals surface area (Å²) in [5, 5.41) is 0. The van der Waals surface area contributed by atoms with Gasteiger partial charge in [0.25, 0.3) is 0 Å². The van der Waals surface area contributed by atoms with Crippen LogP contribution in [0.3, 0.4) is 0 Å². The van der Waals surface area contributed by atoms with Gasteiger partial charge >= 0.3 is 3.98 Å². The predicted molar refractivity (Wildman–Crippen MR) is 88.1 cm³/mol. The Morgan fingerprint density at radius 2 is 2.24 bits per heavy atom. The maximum Gasteiger partial charge on any atom is 0.367 e. The molecule has 5 nitrogen and oxygen atoms in total. The molecule has 0 aromatic heterocycles. The van der Waals surface area contributed by atoms with Crippen LogP contribution >= 0.6 is 22.6 Å². The van der Waals surface area contributed by atoms with Crippen LogP contribution in [0.2, 0.25) is 0 Å². The van der Waals surface area contributed by atoms with Crippen LogP contribution in [0.1, 0.15) is 18.9 Å². The Morgan fingerprint density at radius 1 is 1.48 bits per heavy atom. The fourth-order valence-corrected chi connectivity index (χ4v) is 2.36. The minimum absolute atomic E-state index is 0.0302. The van der Waals surface area contributed by atoms with E-state index in [0.29, 0.717) is 32.1 Å². The fourth-order valence-electron chi connectivity index (χ4n) is 1.93. The highest BCUT2D eigenvalue weighted by Crippen LogP contribution is 2.12. The molecule has 1 heterocycles. The van der Waals surface area contributed by atoms with Crippen LogP contribution < -0.4 is 0 Å². The lowest BCUT2D eigenvalue weighted by Gasteiger charge is -2.11.